The van der Waals surface area contributed by atoms with Crippen molar-refractivity contribution in [2.24, 2.45) is 0 Å². The first-order valence-electron chi connectivity index (χ1n) is 9.02. The first kappa shape index (κ1) is 19.6. The van der Waals surface area contributed by atoms with E-state index >= 15 is 0 Å². The predicted molar refractivity (Wildman–Crippen MR) is 113 cm³/mol. The Labute approximate surface area is 169 Å². The van der Waals surface area contributed by atoms with Gasteiger partial charge in [-0.25, -0.2) is 0 Å². The maximum Gasteiger partial charge on any atom is 0.253 e. The molecule has 3 aromatic rings. The summed E-state index contributed by atoms with van der Waals surface area (Å²) in [7, 11) is 0. The number of rotatable bonds is 6. The van der Waals surface area contributed by atoms with Crippen LogP contribution in [0.1, 0.15) is 34.5 Å². The third kappa shape index (κ3) is 4.99. The summed E-state index contributed by atoms with van der Waals surface area (Å²) in [4.78, 5) is 25.2. The zero-order valence-electron chi connectivity index (χ0n) is 15.5. The normalized spacial score (nSPS) is 11.5. The molecule has 4 nitrogen and oxygen atoms in total. The van der Waals surface area contributed by atoms with E-state index in [4.69, 9.17) is 11.6 Å². The smallest absolute Gasteiger partial charge is 0.253 e. The zero-order valence-corrected chi connectivity index (χ0v) is 16.2. The quantitative estimate of drug-likeness (QED) is 0.619. The average Bonchev–Trinajstić information content (AvgIpc) is 2.70. The van der Waals surface area contributed by atoms with Gasteiger partial charge in [0, 0.05) is 5.02 Å². The summed E-state index contributed by atoms with van der Waals surface area (Å²) in [5, 5.41) is 6.34. The van der Waals surface area contributed by atoms with Gasteiger partial charge in [-0.3, -0.25) is 9.59 Å². The molecule has 0 radical (unpaired) electrons. The maximum atomic E-state index is 12.8. The summed E-state index contributed by atoms with van der Waals surface area (Å²) in [6.45, 7) is 1.92. The van der Waals surface area contributed by atoms with E-state index in [-0.39, 0.29) is 24.3 Å². The van der Waals surface area contributed by atoms with E-state index in [2.05, 4.69) is 10.6 Å². The number of benzene rings is 3. The molecule has 0 heterocycles. The Bertz CT molecular complexity index is 973. The van der Waals surface area contributed by atoms with Crippen molar-refractivity contribution in [1.29, 1.82) is 0 Å². The SMILES string of the molecule is C[C@H](NC(=O)c1ccccc1NC(=O)Cc1ccccc1Cl)c1ccccc1. The van der Waals surface area contributed by atoms with Crippen LogP contribution < -0.4 is 10.6 Å². The fourth-order valence-corrected chi connectivity index (χ4v) is 3.10. The molecule has 0 aliphatic carbocycles. The van der Waals surface area contributed by atoms with Gasteiger partial charge in [-0.2, -0.15) is 0 Å². The highest BCUT2D eigenvalue weighted by Gasteiger charge is 2.16. The fourth-order valence-electron chi connectivity index (χ4n) is 2.90. The van der Waals surface area contributed by atoms with E-state index in [0.717, 1.165) is 11.1 Å². The molecule has 0 spiro atoms. The van der Waals surface area contributed by atoms with E-state index in [1.807, 2.05) is 55.5 Å². The molecule has 28 heavy (non-hydrogen) atoms. The first-order chi connectivity index (χ1) is 13.5. The van der Waals surface area contributed by atoms with Crippen molar-refractivity contribution in [3.63, 3.8) is 0 Å². The zero-order chi connectivity index (χ0) is 19.9. The molecule has 0 aliphatic rings. The lowest BCUT2D eigenvalue weighted by Crippen LogP contribution is -2.28. The molecule has 142 valence electrons. The van der Waals surface area contributed by atoms with Gasteiger partial charge in [0.25, 0.3) is 5.91 Å². The largest absolute Gasteiger partial charge is 0.345 e. The lowest BCUT2D eigenvalue weighted by molar-refractivity contribution is -0.115. The molecule has 5 heteroatoms. The number of para-hydroxylation sites is 1. The molecule has 3 rings (SSSR count). The van der Waals surface area contributed by atoms with Crippen LogP contribution in [0.15, 0.2) is 78.9 Å². The average molecular weight is 393 g/mol. The topological polar surface area (TPSA) is 58.2 Å². The Hall–Kier alpha value is -3.11. The number of halogens is 1. The van der Waals surface area contributed by atoms with Crippen molar-refractivity contribution >= 4 is 29.1 Å². The van der Waals surface area contributed by atoms with Crippen LogP contribution >= 0.6 is 11.6 Å². The third-order valence-corrected chi connectivity index (χ3v) is 4.77. The fraction of sp³-hybridized carbons (Fsp3) is 0.130. The molecule has 0 bridgehead atoms. The van der Waals surface area contributed by atoms with E-state index < -0.39 is 0 Å². The Morgan fingerprint density at radius 3 is 2.29 bits per heavy atom. The van der Waals surface area contributed by atoms with Crippen LogP contribution in [-0.4, -0.2) is 11.8 Å². The monoisotopic (exact) mass is 392 g/mol. The van der Waals surface area contributed by atoms with E-state index in [0.29, 0.717) is 16.3 Å². The van der Waals surface area contributed by atoms with Crippen molar-refractivity contribution in [2.75, 3.05) is 5.32 Å². The third-order valence-electron chi connectivity index (χ3n) is 4.40. The highest BCUT2D eigenvalue weighted by atomic mass is 35.5. The highest BCUT2D eigenvalue weighted by Crippen LogP contribution is 2.20. The summed E-state index contributed by atoms with van der Waals surface area (Å²) in [5.41, 5.74) is 2.63. The standard InChI is InChI=1S/C23H21ClN2O2/c1-16(17-9-3-2-4-10-17)25-23(28)19-12-6-8-14-21(19)26-22(27)15-18-11-5-7-13-20(18)24/h2-14,16H,15H2,1H3,(H,25,28)(H,26,27)/t16-/m0/s1. The van der Waals surface area contributed by atoms with Gasteiger partial charge in [-0.15, -0.1) is 0 Å². The predicted octanol–water partition coefficient (Wildman–Crippen LogP) is 5.01. The van der Waals surface area contributed by atoms with Crippen LogP contribution in [0, 0.1) is 0 Å². The molecule has 2 amide bonds. The number of anilines is 1. The molecular formula is C23H21ClN2O2. The minimum absolute atomic E-state index is 0.135. The molecule has 1 atom stereocenters. The Morgan fingerprint density at radius 2 is 1.54 bits per heavy atom. The minimum Gasteiger partial charge on any atom is -0.345 e. The van der Waals surface area contributed by atoms with E-state index in [1.54, 1.807) is 30.3 Å². The molecule has 3 aromatic carbocycles. The van der Waals surface area contributed by atoms with Crippen LogP contribution in [0.25, 0.3) is 0 Å². The van der Waals surface area contributed by atoms with Gasteiger partial charge in [0.2, 0.25) is 5.91 Å². The van der Waals surface area contributed by atoms with Gasteiger partial charge < -0.3 is 10.6 Å². The van der Waals surface area contributed by atoms with Crippen molar-refractivity contribution in [1.82, 2.24) is 5.32 Å². The van der Waals surface area contributed by atoms with Gasteiger partial charge in [-0.05, 0) is 36.2 Å². The number of nitrogens with one attached hydrogen (secondary N) is 2. The van der Waals surface area contributed by atoms with Gasteiger partial charge in [0.15, 0.2) is 0 Å². The number of hydrogen-bond donors (Lipinski definition) is 2. The first-order valence-corrected chi connectivity index (χ1v) is 9.40. The Kier molecular flexibility index (Phi) is 6.45. The van der Waals surface area contributed by atoms with Crippen LogP contribution in [0.2, 0.25) is 5.02 Å². The number of hydrogen-bond acceptors (Lipinski definition) is 2. The molecule has 0 unspecified atom stereocenters. The summed E-state index contributed by atoms with van der Waals surface area (Å²) in [6.07, 6.45) is 0.135. The van der Waals surface area contributed by atoms with Crippen molar-refractivity contribution in [3.05, 3.63) is 101 Å². The van der Waals surface area contributed by atoms with Crippen molar-refractivity contribution < 1.29 is 9.59 Å². The molecular weight excluding hydrogens is 372 g/mol. The van der Waals surface area contributed by atoms with Crippen LogP contribution in [0.4, 0.5) is 5.69 Å². The summed E-state index contributed by atoms with van der Waals surface area (Å²) in [6, 6.07) is 23.7. The molecule has 2 N–H and O–H groups in total. The highest BCUT2D eigenvalue weighted by molar-refractivity contribution is 6.31. The summed E-state index contributed by atoms with van der Waals surface area (Å²) >= 11 is 6.12. The van der Waals surface area contributed by atoms with E-state index in [1.165, 1.54) is 0 Å². The maximum absolute atomic E-state index is 12.8. The van der Waals surface area contributed by atoms with E-state index in [9.17, 15) is 9.59 Å². The lowest BCUT2D eigenvalue weighted by Gasteiger charge is -2.16. The van der Waals surface area contributed by atoms with Gasteiger partial charge in [0.05, 0.1) is 23.7 Å². The minimum atomic E-state index is -0.245. The molecule has 0 aromatic heterocycles. The number of carbonyl (C=O) groups is 2. The van der Waals surface area contributed by atoms with Crippen LogP contribution in [0.3, 0.4) is 0 Å². The van der Waals surface area contributed by atoms with Crippen molar-refractivity contribution in [2.45, 2.75) is 19.4 Å². The van der Waals surface area contributed by atoms with Gasteiger partial charge in [0.1, 0.15) is 0 Å². The Balaban J connectivity index is 1.71. The summed E-state index contributed by atoms with van der Waals surface area (Å²) < 4.78 is 0. The molecule has 0 aliphatic heterocycles. The lowest BCUT2D eigenvalue weighted by atomic mass is 10.1. The van der Waals surface area contributed by atoms with Crippen LogP contribution in [-0.2, 0) is 11.2 Å². The van der Waals surface area contributed by atoms with Crippen LogP contribution in [0.5, 0.6) is 0 Å². The molecule has 0 saturated carbocycles. The van der Waals surface area contributed by atoms with Gasteiger partial charge in [-0.1, -0.05) is 72.3 Å². The van der Waals surface area contributed by atoms with Crippen molar-refractivity contribution in [3.8, 4) is 0 Å². The second-order valence-corrected chi connectivity index (χ2v) is 6.87. The molecule has 0 saturated heterocycles. The second-order valence-electron chi connectivity index (χ2n) is 6.47. The molecule has 0 fully saturated rings. The van der Waals surface area contributed by atoms with Gasteiger partial charge >= 0.3 is 0 Å². The second kappa shape index (κ2) is 9.20. The Morgan fingerprint density at radius 1 is 0.893 bits per heavy atom. The summed E-state index contributed by atoms with van der Waals surface area (Å²) in [5.74, 6) is -0.477. The number of carbonyl (C=O) groups excluding carboxylic acids is 2. The number of amides is 2.